The van der Waals surface area contributed by atoms with Crippen LogP contribution in [-0.4, -0.2) is 33.8 Å². The second-order valence-corrected chi connectivity index (χ2v) is 5.23. The summed E-state index contributed by atoms with van der Waals surface area (Å²) in [7, 11) is 0. The van der Waals surface area contributed by atoms with Gasteiger partial charge in [0.25, 0.3) is 0 Å². The van der Waals surface area contributed by atoms with Crippen LogP contribution in [0.5, 0.6) is 0 Å². The van der Waals surface area contributed by atoms with E-state index in [0.717, 1.165) is 4.88 Å². The van der Waals surface area contributed by atoms with Gasteiger partial charge in [-0.3, -0.25) is 14.6 Å². The predicted octanol–water partition coefficient (Wildman–Crippen LogP) is 0.770. The van der Waals surface area contributed by atoms with Crippen LogP contribution in [0.15, 0.2) is 11.7 Å². The zero-order chi connectivity index (χ0) is 12.5. The van der Waals surface area contributed by atoms with E-state index in [1.807, 2.05) is 6.92 Å². The summed E-state index contributed by atoms with van der Waals surface area (Å²) in [6.45, 7) is 4.27. The molecule has 0 spiro atoms. The molecule has 1 N–H and O–H groups in total. The molecule has 0 aliphatic carbocycles. The van der Waals surface area contributed by atoms with Crippen molar-refractivity contribution in [2.75, 3.05) is 6.54 Å². The average Bonchev–Trinajstić information content (AvgIpc) is 2.82. The van der Waals surface area contributed by atoms with E-state index < -0.39 is 5.54 Å². The summed E-state index contributed by atoms with van der Waals surface area (Å²) in [6.07, 6.45) is 2.34. The van der Waals surface area contributed by atoms with Crippen LogP contribution in [0, 0.1) is 0 Å². The molecule has 2 amide bonds. The minimum absolute atomic E-state index is 0.0395. The Morgan fingerprint density at radius 3 is 2.94 bits per heavy atom. The summed E-state index contributed by atoms with van der Waals surface area (Å²) in [5.74, 6) is -0.119. The maximum Gasteiger partial charge on any atom is 0.246 e. The van der Waals surface area contributed by atoms with Crippen molar-refractivity contribution in [2.45, 2.75) is 32.4 Å². The Bertz CT molecular complexity index is 432. The topological polar surface area (TPSA) is 62.3 Å². The number of nitrogens with one attached hydrogen (secondary N) is 1. The number of piperazine rings is 1. The number of amides is 2. The Hall–Kier alpha value is -1.43. The predicted molar refractivity (Wildman–Crippen MR) is 64.4 cm³/mol. The maximum atomic E-state index is 11.9. The van der Waals surface area contributed by atoms with Crippen molar-refractivity contribution in [1.29, 1.82) is 0 Å². The number of aromatic nitrogens is 1. The molecule has 1 saturated heterocycles. The van der Waals surface area contributed by atoms with Crippen LogP contribution in [0.4, 0.5) is 0 Å². The number of rotatable bonds is 3. The van der Waals surface area contributed by atoms with E-state index in [1.54, 1.807) is 23.5 Å². The summed E-state index contributed by atoms with van der Waals surface area (Å²) in [6, 6.07) is 0. The van der Waals surface area contributed by atoms with Crippen molar-refractivity contribution in [2.24, 2.45) is 0 Å². The maximum absolute atomic E-state index is 11.9. The Morgan fingerprint density at radius 1 is 1.59 bits per heavy atom. The lowest BCUT2D eigenvalue weighted by molar-refractivity contribution is -0.153. The molecule has 0 bridgehead atoms. The molecule has 0 radical (unpaired) electrons. The van der Waals surface area contributed by atoms with Crippen molar-refractivity contribution >= 4 is 23.2 Å². The molecule has 92 valence electrons. The fraction of sp³-hybridized carbons (Fsp3) is 0.545. The SMILES string of the molecule is CCC1(C)C(=O)NCC(=O)N1Cc1cncs1. The highest BCUT2D eigenvalue weighted by Gasteiger charge is 2.44. The number of nitrogens with zero attached hydrogens (tertiary/aromatic N) is 2. The molecule has 1 aromatic rings. The van der Waals surface area contributed by atoms with Crippen molar-refractivity contribution < 1.29 is 9.59 Å². The highest BCUT2D eigenvalue weighted by molar-refractivity contribution is 7.09. The molecule has 2 heterocycles. The largest absolute Gasteiger partial charge is 0.345 e. The molecule has 0 aromatic carbocycles. The van der Waals surface area contributed by atoms with Crippen molar-refractivity contribution in [1.82, 2.24) is 15.2 Å². The summed E-state index contributed by atoms with van der Waals surface area (Å²) >= 11 is 1.49. The van der Waals surface area contributed by atoms with Crippen LogP contribution in [0.3, 0.4) is 0 Å². The molecule has 1 unspecified atom stereocenters. The van der Waals surface area contributed by atoms with E-state index in [9.17, 15) is 9.59 Å². The number of carbonyl (C=O) groups excluding carboxylic acids is 2. The van der Waals surface area contributed by atoms with Gasteiger partial charge in [0.2, 0.25) is 11.8 Å². The second kappa shape index (κ2) is 4.44. The standard InChI is InChI=1S/C11H15N3O2S/c1-3-11(2)10(16)13-5-9(15)14(11)6-8-4-12-7-17-8/h4,7H,3,5-6H2,1-2H3,(H,13,16). The van der Waals surface area contributed by atoms with E-state index in [0.29, 0.717) is 13.0 Å². The number of carbonyl (C=O) groups is 2. The molecule has 1 fully saturated rings. The fourth-order valence-electron chi connectivity index (χ4n) is 1.93. The van der Waals surface area contributed by atoms with Gasteiger partial charge in [0.15, 0.2) is 0 Å². The molecular weight excluding hydrogens is 238 g/mol. The monoisotopic (exact) mass is 253 g/mol. The first-order chi connectivity index (χ1) is 8.08. The van der Waals surface area contributed by atoms with Gasteiger partial charge in [-0.2, -0.15) is 0 Å². The third-order valence-corrected chi connectivity index (χ3v) is 4.04. The van der Waals surface area contributed by atoms with Gasteiger partial charge in [-0.05, 0) is 13.3 Å². The first-order valence-corrected chi connectivity index (χ1v) is 6.42. The number of thiazole rings is 1. The molecule has 0 saturated carbocycles. The van der Waals surface area contributed by atoms with Gasteiger partial charge < -0.3 is 10.2 Å². The van der Waals surface area contributed by atoms with Crippen LogP contribution in [0.1, 0.15) is 25.1 Å². The highest BCUT2D eigenvalue weighted by Crippen LogP contribution is 2.25. The van der Waals surface area contributed by atoms with Gasteiger partial charge in [0.1, 0.15) is 5.54 Å². The van der Waals surface area contributed by atoms with Gasteiger partial charge in [-0.1, -0.05) is 6.92 Å². The molecule has 6 heteroatoms. The lowest BCUT2D eigenvalue weighted by Gasteiger charge is -2.42. The van der Waals surface area contributed by atoms with Gasteiger partial charge >= 0.3 is 0 Å². The minimum Gasteiger partial charge on any atom is -0.345 e. The summed E-state index contributed by atoms with van der Waals surface area (Å²) in [5, 5.41) is 2.64. The van der Waals surface area contributed by atoms with E-state index in [-0.39, 0.29) is 18.4 Å². The Morgan fingerprint density at radius 2 is 2.35 bits per heavy atom. The first-order valence-electron chi connectivity index (χ1n) is 5.54. The average molecular weight is 253 g/mol. The summed E-state index contributed by atoms with van der Waals surface area (Å²) in [5.41, 5.74) is 0.979. The molecular formula is C11H15N3O2S. The molecule has 1 aromatic heterocycles. The molecule has 2 rings (SSSR count). The molecule has 1 aliphatic rings. The molecule has 1 aliphatic heterocycles. The van der Waals surface area contributed by atoms with Crippen molar-refractivity contribution in [3.63, 3.8) is 0 Å². The lowest BCUT2D eigenvalue weighted by Crippen LogP contribution is -2.65. The molecule has 5 nitrogen and oxygen atoms in total. The second-order valence-electron chi connectivity index (χ2n) is 4.26. The highest BCUT2D eigenvalue weighted by atomic mass is 32.1. The van der Waals surface area contributed by atoms with E-state index in [2.05, 4.69) is 10.3 Å². The lowest BCUT2D eigenvalue weighted by atomic mass is 9.92. The third kappa shape index (κ3) is 2.04. The summed E-state index contributed by atoms with van der Waals surface area (Å²) < 4.78 is 0. The Balaban J connectivity index is 2.26. The van der Waals surface area contributed by atoms with Crippen LogP contribution in [0.25, 0.3) is 0 Å². The van der Waals surface area contributed by atoms with E-state index in [1.165, 1.54) is 11.3 Å². The fourth-order valence-corrected chi connectivity index (χ4v) is 2.51. The van der Waals surface area contributed by atoms with Gasteiger partial charge in [-0.15, -0.1) is 11.3 Å². The van der Waals surface area contributed by atoms with Crippen LogP contribution in [-0.2, 0) is 16.1 Å². The quantitative estimate of drug-likeness (QED) is 0.865. The van der Waals surface area contributed by atoms with Gasteiger partial charge in [-0.25, -0.2) is 0 Å². The van der Waals surface area contributed by atoms with E-state index >= 15 is 0 Å². The van der Waals surface area contributed by atoms with Crippen LogP contribution < -0.4 is 5.32 Å². The summed E-state index contributed by atoms with van der Waals surface area (Å²) in [4.78, 5) is 30.5. The zero-order valence-electron chi connectivity index (χ0n) is 9.90. The zero-order valence-corrected chi connectivity index (χ0v) is 10.7. The Labute approximate surface area is 104 Å². The first kappa shape index (κ1) is 12.0. The van der Waals surface area contributed by atoms with Crippen LogP contribution in [0.2, 0.25) is 0 Å². The molecule has 17 heavy (non-hydrogen) atoms. The third-order valence-electron chi connectivity index (χ3n) is 3.27. The van der Waals surface area contributed by atoms with E-state index in [4.69, 9.17) is 0 Å². The van der Waals surface area contributed by atoms with Gasteiger partial charge in [0.05, 0.1) is 18.6 Å². The van der Waals surface area contributed by atoms with Crippen LogP contribution >= 0.6 is 11.3 Å². The normalized spacial score (nSPS) is 24.9. The number of hydrogen-bond acceptors (Lipinski definition) is 4. The van der Waals surface area contributed by atoms with Crippen molar-refractivity contribution in [3.05, 3.63) is 16.6 Å². The Kier molecular flexibility index (Phi) is 3.15. The van der Waals surface area contributed by atoms with Crippen molar-refractivity contribution in [3.8, 4) is 0 Å². The molecule has 1 atom stereocenters. The number of hydrogen-bond donors (Lipinski definition) is 1. The van der Waals surface area contributed by atoms with Gasteiger partial charge in [0, 0.05) is 11.1 Å². The smallest absolute Gasteiger partial charge is 0.246 e. The minimum atomic E-state index is -0.751.